The van der Waals surface area contributed by atoms with Gasteiger partial charge in [0.05, 0.1) is 0 Å². The largest absolute Gasteiger partial charge is 0.308 e. The van der Waals surface area contributed by atoms with E-state index in [1.54, 1.807) is 0 Å². The van der Waals surface area contributed by atoms with Crippen LogP contribution in [0.3, 0.4) is 0 Å². The van der Waals surface area contributed by atoms with Crippen molar-refractivity contribution < 1.29 is 0 Å². The number of nitrogens with one attached hydrogen (secondary N) is 1. The molecule has 1 unspecified atom stereocenters. The molecule has 1 aromatic rings. The van der Waals surface area contributed by atoms with Gasteiger partial charge < -0.3 is 5.32 Å². The van der Waals surface area contributed by atoms with Gasteiger partial charge in [0.1, 0.15) is 0 Å². The molecule has 0 radical (unpaired) electrons. The summed E-state index contributed by atoms with van der Waals surface area (Å²) in [7, 11) is 0. The molecular weight excluding hydrogens is 256 g/mol. The average Bonchev–Trinajstić information content (AvgIpc) is 2.44. The fraction of sp³-hybridized carbons (Fsp3) is 0.684. The van der Waals surface area contributed by atoms with Gasteiger partial charge in [-0.3, -0.25) is 4.90 Å². The van der Waals surface area contributed by atoms with E-state index in [0.717, 1.165) is 25.6 Å². The van der Waals surface area contributed by atoms with Crippen molar-refractivity contribution in [3.63, 3.8) is 0 Å². The van der Waals surface area contributed by atoms with Crippen LogP contribution in [0.15, 0.2) is 24.3 Å². The minimum atomic E-state index is 0.161. The standard InChI is InChI=1S/C19H34N2/c1-7-16(3)14-21(8-2)15-18-12-10-9-11-17(18)13-20-19(4,5)6/h9-12,16,20H,7-8,13-15H2,1-6H3. The van der Waals surface area contributed by atoms with Crippen LogP contribution in [0.2, 0.25) is 0 Å². The molecule has 0 aliphatic rings. The van der Waals surface area contributed by atoms with Gasteiger partial charge in [-0.2, -0.15) is 0 Å². The van der Waals surface area contributed by atoms with Crippen LogP contribution >= 0.6 is 0 Å². The first-order chi connectivity index (χ1) is 9.85. The lowest BCUT2D eigenvalue weighted by molar-refractivity contribution is 0.237. The fourth-order valence-corrected chi connectivity index (χ4v) is 2.36. The Kier molecular flexibility index (Phi) is 7.41. The topological polar surface area (TPSA) is 15.3 Å². The van der Waals surface area contributed by atoms with Gasteiger partial charge in [-0.1, -0.05) is 51.5 Å². The Bertz CT molecular complexity index is 406. The third-order valence-electron chi connectivity index (χ3n) is 4.04. The van der Waals surface area contributed by atoms with Crippen LogP contribution in [0.1, 0.15) is 59.1 Å². The van der Waals surface area contributed by atoms with Crippen molar-refractivity contribution in [3.8, 4) is 0 Å². The van der Waals surface area contributed by atoms with Crippen LogP contribution < -0.4 is 5.32 Å². The van der Waals surface area contributed by atoms with E-state index < -0.39 is 0 Å². The van der Waals surface area contributed by atoms with E-state index in [-0.39, 0.29) is 5.54 Å². The summed E-state index contributed by atoms with van der Waals surface area (Å²) in [5.41, 5.74) is 3.04. The smallest absolute Gasteiger partial charge is 0.0236 e. The van der Waals surface area contributed by atoms with E-state index in [4.69, 9.17) is 0 Å². The van der Waals surface area contributed by atoms with E-state index in [1.165, 1.54) is 24.1 Å². The second-order valence-corrected chi connectivity index (χ2v) is 7.21. The number of hydrogen-bond acceptors (Lipinski definition) is 2. The van der Waals surface area contributed by atoms with Gasteiger partial charge in [0, 0.05) is 25.2 Å². The monoisotopic (exact) mass is 290 g/mol. The molecule has 1 aromatic carbocycles. The normalized spacial score (nSPS) is 13.7. The Labute approximate surface area is 131 Å². The molecule has 2 heteroatoms. The highest BCUT2D eigenvalue weighted by Crippen LogP contribution is 2.15. The van der Waals surface area contributed by atoms with Crippen molar-refractivity contribution >= 4 is 0 Å². The Morgan fingerprint density at radius 1 is 1.10 bits per heavy atom. The van der Waals surface area contributed by atoms with Crippen LogP contribution in [0.4, 0.5) is 0 Å². The van der Waals surface area contributed by atoms with Crippen molar-refractivity contribution in [2.75, 3.05) is 13.1 Å². The molecule has 1 N–H and O–H groups in total. The molecular formula is C19H34N2. The second kappa shape index (κ2) is 8.55. The van der Waals surface area contributed by atoms with Gasteiger partial charge in [0.2, 0.25) is 0 Å². The van der Waals surface area contributed by atoms with Gasteiger partial charge in [-0.05, 0) is 44.4 Å². The van der Waals surface area contributed by atoms with Gasteiger partial charge in [-0.25, -0.2) is 0 Å². The van der Waals surface area contributed by atoms with E-state index in [9.17, 15) is 0 Å². The molecule has 0 saturated heterocycles. The Morgan fingerprint density at radius 3 is 2.24 bits per heavy atom. The van der Waals surface area contributed by atoms with E-state index in [1.807, 2.05) is 0 Å². The molecule has 2 nitrogen and oxygen atoms in total. The molecule has 0 bridgehead atoms. The summed E-state index contributed by atoms with van der Waals surface area (Å²) in [5, 5.41) is 3.60. The van der Waals surface area contributed by atoms with Crippen molar-refractivity contribution in [1.82, 2.24) is 10.2 Å². The molecule has 0 spiro atoms. The Hall–Kier alpha value is -0.860. The predicted molar refractivity (Wildman–Crippen MR) is 93.4 cm³/mol. The van der Waals surface area contributed by atoms with Crippen molar-refractivity contribution in [1.29, 1.82) is 0 Å². The first kappa shape index (κ1) is 18.2. The molecule has 0 heterocycles. The molecule has 0 fully saturated rings. The molecule has 0 amide bonds. The zero-order valence-electron chi connectivity index (χ0n) is 14.9. The Balaban J connectivity index is 2.73. The fourth-order valence-electron chi connectivity index (χ4n) is 2.36. The minimum Gasteiger partial charge on any atom is -0.308 e. The van der Waals surface area contributed by atoms with Gasteiger partial charge in [0.15, 0.2) is 0 Å². The maximum absolute atomic E-state index is 3.60. The third kappa shape index (κ3) is 7.10. The predicted octanol–water partition coefficient (Wildman–Crippen LogP) is 4.44. The highest BCUT2D eigenvalue weighted by atomic mass is 15.1. The quantitative estimate of drug-likeness (QED) is 0.761. The van der Waals surface area contributed by atoms with Crippen LogP contribution in [0.5, 0.6) is 0 Å². The summed E-state index contributed by atoms with van der Waals surface area (Å²) in [6.07, 6.45) is 1.25. The van der Waals surface area contributed by atoms with E-state index in [2.05, 4.69) is 76.0 Å². The number of benzene rings is 1. The summed E-state index contributed by atoms with van der Waals surface area (Å²) in [4.78, 5) is 2.56. The lowest BCUT2D eigenvalue weighted by Gasteiger charge is -2.26. The van der Waals surface area contributed by atoms with Crippen LogP contribution in [-0.4, -0.2) is 23.5 Å². The van der Waals surface area contributed by atoms with Crippen LogP contribution in [0.25, 0.3) is 0 Å². The van der Waals surface area contributed by atoms with Crippen LogP contribution in [-0.2, 0) is 13.1 Å². The minimum absolute atomic E-state index is 0.161. The maximum atomic E-state index is 3.60. The summed E-state index contributed by atoms with van der Waals surface area (Å²) < 4.78 is 0. The summed E-state index contributed by atoms with van der Waals surface area (Å²) in [6, 6.07) is 8.84. The zero-order chi connectivity index (χ0) is 15.9. The molecule has 0 aliphatic carbocycles. The molecule has 120 valence electrons. The first-order valence-electron chi connectivity index (χ1n) is 8.39. The maximum Gasteiger partial charge on any atom is 0.0236 e. The molecule has 0 aromatic heterocycles. The lowest BCUT2D eigenvalue weighted by Crippen LogP contribution is -2.35. The van der Waals surface area contributed by atoms with E-state index >= 15 is 0 Å². The van der Waals surface area contributed by atoms with Crippen molar-refractivity contribution in [2.45, 2.75) is 66.6 Å². The van der Waals surface area contributed by atoms with E-state index in [0.29, 0.717) is 0 Å². The molecule has 1 rings (SSSR count). The average molecular weight is 290 g/mol. The SMILES string of the molecule is CCC(C)CN(CC)Cc1ccccc1CNC(C)(C)C. The van der Waals surface area contributed by atoms with Gasteiger partial charge in [-0.15, -0.1) is 0 Å². The number of nitrogens with zero attached hydrogens (tertiary/aromatic N) is 1. The van der Waals surface area contributed by atoms with Crippen molar-refractivity contribution in [3.05, 3.63) is 35.4 Å². The summed E-state index contributed by atoms with van der Waals surface area (Å²) in [5.74, 6) is 0.768. The molecule has 0 saturated carbocycles. The second-order valence-electron chi connectivity index (χ2n) is 7.21. The zero-order valence-corrected chi connectivity index (χ0v) is 14.9. The lowest BCUT2D eigenvalue weighted by atomic mass is 10.0. The number of hydrogen-bond donors (Lipinski definition) is 1. The van der Waals surface area contributed by atoms with Gasteiger partial charge >= 0.3 is 0 Å². The van der Waals surface area contributed by atoms with Gasteiger partial charge in [0.25, 0.3) is 0 Å². The highest BCUT2D eigenvalue weighted by molar-refractivity contribution is 5.27. The molecule has 1 atom stereocenters. The summed E-state index contributed by atoms with van der Waals surface area (Å²) >= 11 is 0. The highest BCUT2D eigenvalue weighted by Gasteiger charge is 2.13. The summed E-state index contributed by atoms with van der Waals surface area (Å²) in [6.45, 7) is 17.8. The molecule has 21 heavy (non-hydrogen) atoms. The molecule has 0 aliphatic heterocycles. The number of rotatable bonds is 8. The third-order valence-corrected chi connectivity index (χ3v) is 4.04. The van der Waals surface area contributed by atoms with Crippen molar-refractivity contribution in [2.24, 2.45) is 5.92 Å². The first-order valence-corrected chi connectivity index (χ1v) is 8.39. The van der Waals surface area contributed by atoms with Crippen LogP contribution in [0, 0.1) is 5.92 Å². The Morgan fingerprint density at radius 2 is 1.71 bits per heavy atom.